The molecular weight excluding hydrogens is 310 g/mol. The zero-order valence-electron chi connectivity index (χ0n) is 13.7. The lowest BCUT2D eigenvalue weighted by Gasteiger charge is -2.29. The van der Waals surface area contributed by atoms with E-state index in [1.165, 1.54) is 41.0 Å². The van der Waals surface area contributed by atoms with Gasteiger partial charge in [0, 0.05) is 10.9 Å². The van der Waals surface area contributed by atoms with Gasteiger partial charge in [-0.05, 0) is 56.1 Å². The van der Waals surface area contributed by atoms with Crippen molar-refractivity contribution in [1.82, 2.24) is 5.32 Å². The fourth-order valence-electron chi connectivity index (χ4n) is 3.57. The fourth-order valence-corrected chi connectivity index (χ4v) is 4.72. The lowest BCUT2D eigenvalue weighted by atomic mass is 9.86. The number of nitrogens with one attached hydrogen (secondary N) is 1. The highest BCUT2D eigenvalue weighted by molar-refractivity contribution is 7.14. The molecule has 2 aliphatic rings. The van der Waals surface area contributed by atoms with Crippen molar-refractivity contribution in [3.63, 3.8) is 0 Å². The van der Waals surface area contributed by atoms with Crippen molar-refractivity contribution in [2.75, 3.05) is 6.61 Å². The van der Waals surface area contributed by atoms with Crippen molar-refractivity contribution in [2.45, 2.75) is 64.3 Å². The van der Waals surface area contributed by atoms with Gasteiger partial charge in [0.2, 0.25) is 0 Å². The Morgan fingerprint density at radius 3 is 2.78 bits per heavy atom. The predicted octanol–water partition coefficient (Wildman–Crippen LogP) is 3.48. The highest BCUT2D eigenvalue weighted by atomic mass is 32.1. The third kappa shape index (κ3) is 4.14. The first kappa shape index (κ1) is 16.5. The Bertz CT molecular complexity index is 557. The lowest BCUT2D eigenvalue weighted by Crippen LogP contribution is -2.42. The summed E-state index contributed by atoms with van der Waals surface area (Å²) in [5, 5.41) is 3.01. The van der Waals surface area contributed by atoms with Crippen LogP contribution in [0.1, 0.15) is 65.6 Å². The van der Waals surface area contributed by atoms with Gasteiger partial charge in [-0.1, -0.05) is 19.8 Å². The largest absolute Gasteiger partial charge is 0.451 e. The Morgan fingerprint density at radius 2 is 2.00 bits per heavy atom. The Labute approximate surface area is 141 Å². The van der Waals surface area contributed by atoms with Crippen LogP contribution in [0, 0.1) is 5.92 Å². The summed E-state index contributed by atoms with van der Waals surface area (Å²) in [5.74, 6) is -0.0397. The molecule has 1 amide bonds. The quantitative estimate of drug-likeness (QED) is 0.857. The van der Waals surface area contributed by atoms with E-state index in [9.17, 15) is 9.59 Å². The van der Waals surface area contributed by atoms with Crippen LogP contribution in [0.2, 0.25) is 0 Å². The Kier molecular flexibility index (Phi) is 5.36. The molecule has 0 aromatic carbocycles. The second-order valence-electron chi connectivity index (χ2n) is 6.78. The van der Waals surface area contributed by atoms with E-state index in [1.807, 2.05) is 6.07 Å². The molecule has 0 aliphatic heterocycles. The van der Waals surface area contributed by atoms with Gasteiger partial charge in [-0.2, -0.15) is 0 Å². The zero-order valence-corrected chi connectivity index (χ0v) is 14.5. The Morgan fingerprint density at radius 1 is 1.22 bits per heavy atom. The number of hydrogen-bond donors (Lipinski definition) is 1. The summed E-state index contributed by atoms with van der Waals surface area (Å²) in [4.78, 5) is 26.1. The number of aryl methyl sites for hydroxylation is 2. The van der Waals surface area contributed by atoms with Crippen molar-refractivity contribution in [3.05, 3.63) is 21.4 Å². The molecule has 0 bridgehead atoms. The first-order valence-corrected chi connectivity index (χ1v) is 9.53. The number of esters is 1. The topological polar surface area (TPSA) is 55.4 Å². The van der Waals surface area contributed by atoms with E-state index in [4.69, 9.17) is 4.74 Å². The monoisotopic (exact) mass is 335 g/mol. The minimum atomic E-state index is -0.365. The van der Waals surface area contributed by atoms with Crippen molar-refractivity contribution in [3.8, 4) is 0 Å². The number of carbonyl (C=O) groups is 2. The van der Waals surface area contributed by atoms with Gasteiger partial charge in [-0.25, -0.2) is 4.79 Å². The van der Waals surface area contributed by atoms with Crippen LogP contribution in [0.15, 0.2) is 6.07 Å². The van der Waals surface area contributed by atoms with E-state index in [1.54, 1.807) is 0 Å². The van der Waals surface area contributed by atoms with Gasteiger partial charge in [0.25, 0.3) is 5.91 Å². The van der Waals surface area contributed by atoms with E-state index in [0.717, 1.165) is 32.1 Å². The van der Waals surface area contributed by atoms with Crippen molar-refractivity contribution < 1.29 is 14.3 Å². The highest BCUT2D eigenvalue weighted by Gasteiger charge is 2.24. The van der Waals surface area contributed by atoms with Gasteiger partial charge in [-0.3, -0.25) is 4.79 Å². The van der Waals surface area contributed by atoms with Crippen LogP contribution in [0.5, 0.6) is 0 Å². The number of carbonyl (C=O) groups excluding carboxylic acids is 2. The molecule has 1 saturated carbocycles. The smallest absolute Gasteiger partial charge is 0.348 e. The van der Waals surface area contributed by atoms with E-state index < -0.39 is 0 Å². The fraction of sp³-hybridized carbons (Fsp3) is 0.667. The van der Waals surface area contributed by atoms with E-state index in [-0.39, 0.29) is 24.5 Å². The molecule has 3 rings (SSSR count). The second kappa shape index (κ2) is 7.47. The molecule has 4 nitrogen and oxygen atoms in total. The third-order valence-corrected chi connectivity index (χ3v) is 6.21. The molecule has 23 heavy (non-hydrogen) atoms. The van der Waals surface area contributed by atoms with Gasteiger partial charge in [0.05, 0.1) is 0 Å². The minimum absolute atomic E-state index is 0.176. The SMILES string of the molecule is CC1CCCCC1NC(=O)COC(=O)c1cc2c(s1)CCCC2. The van der Waals surface area contributed by atoms with Gasteiger partial charge in [-0.15, -0.1) is 11.3 Å². The van der Waals surface area contributed by atoms with Gasteiger partial charge >= 0.3 is 5.97 Å². The number of rotatable bonds is 4. The number of ether oxygens (including phenoxy) is 1. The second-order valence-corrected chi connectivity index (χ2v) is 7.91. The van der Waals surface area contributed by atoms with Gasteiger partial charge in [0.15, 0.2) is 6.61 Å². The number of thiophene rings is 1. The van der Waals surface area contributed by atoms with Gasteiger partial charge in [0.1, 0.15) is 4.88 Å². The first-order chi connectivity index (χ1) is 11.1. The van der Waals surface area contributed by atoms with Crippen molar-refractivity contribution in [1.29, 1.82) is 0 Å². The van der Waals surface area contributed by atoms with Crippen LogP contribution < -0.4 is 5.32 Å². The van der Waals surface area contributed by atoms with Crippen molar-refractivity contribution in [2.24, 2.45) is 5.92 Å². The molecule has 0 saturated heterocycles. The number of fused-ring (bicyclic) bond motifs is 1. The average Bonchev–Trinajstić information content (AvgIpc) is 2.99. The standard InChI is InChI=1S/C18H25NO3S/c1-12-6-2-4-8-14(12)19-17(20)11-22-18(21)16-10-13-7-3-5-9-15(13)23-16/h10,12,14H,2-9,11H2,1H3,(H,19,20). The Hall–Kier alpha value is -1.36. The van der Waals surface area contributed by atoms with Gasteiger partial charge < -0.3 is 10.1 Å². The normalized spacial score (nSPS) is 23.9. The maximum Gasteiger partial charge on any atom is 0.348 e. The number of amides is 1. The summed E-state index contributed by atoms with van der Waals surface area (Å²) < 4.78 is 5.20. The van der Waals surface area contributed by atoms with Crippen LogP contribution in [-0.2, 0) is 22.4 Å². The Balaban J connectivity index is 1.48. The molecule has 2 unspecified atom stereocenters. The molecule has 1 aromatic heterocycles. The summed E-state index contributed by atoms with van der Waals surface area (Å²) >= 11 is 1.52. The molecule has 0 radical (unpaired) electrons. The van der Waals surface area contributed by atoms with E-state index in [2.05, 4.69) is 12.2 Å². The number of hydrogen-bond acceptors (Lipinski definition) is 4. The highest BCUT2D eigenvalue weighted by Crippen LogP contribution is 2.30. The summed E-state index contributed by atoms with van der Waals surface area (Å²) in [5.41, 5.74) is 1.29. The maximum absolute atomic E-state index is 12.1. The molecule has 2 aliphatic carbocycles. The van der Waals surface area contributed by atoms with E-state index in [0.29, 0.717) is 10.8 Å². The summed E-state index contributed by atoms with van der Waals surface area (Å²) in [6.07, 6.45) is 9.10. The molecule has 0 spiro atoms. The molecule has 1 N–H and O–H groups in total. The molecule has 2 atom stereocenters. The molecule has 1 aromatic rings. The third-order valence-electron chi connectivity index (χ3n) is 4.99. The molecule has 5 heteroatoms. The molecular formula is C18H25NO3S. The molecule has 1 heterocycles. The van der Waals surface area contributed by atoms with Crippen LogP contribution in [-0.4, -0.2) is 24.5 Å². The van der Waals surface area contributed by atoms with Crippen molar-refractivity contribution >= 4 is 23.2 Å². The van der Waals surface area contributed by atoms with Crippen LogP contribution in [0.4, 0.5) is 0 Å². The van der Waals surface area contributed by atoms with Crippen LogP contribution in [0.25, 0.3) is 0 Å². The van der Waals surface area contributed by atoms with Crippen LogP contribution >= 0.6 is 11.3 Å². The first-order valence-electron chi connectivity index (χ1n) is 8.71. The molecule has 126 valence electrons. The minimum Gasteiger partial charge on any atom is -0.451 e. The van der Waals surface area contributed by atoms with E-state index >= 15 is 0 Å². The summed E-state index contributed by atoms with van der Waals surface area (Å²) in [6, 6.07) is 2.17. The maximum atomic E-state index is 12.1. The zero-order chi connectivity index (χ0) is 16.2. The summed E-state index contributed by atoms with van der Waals surface area (Å²) in [6.45, 7) is 2.00. The average molecular weight is 335 g/mol. The lowest BCUT2D eigenvalue weighted by molar-refractivity contribution is -0.125. The summed E-state index contributed by atoms with van der Waals surface area (Å²) in [7, 11) is 0. The predicted molar refractivity (Wildman–Crippen MR) is 90.8 cm³/mol. The molecule has 1 fully saturated rings. The van der Waals surface area contributed by atoms with Crippen LogP contribution in [0.3, 0.4) is 0 Å².